The van der Waals surface area contributed by atoms with Crippen LogP contribution in [0, 0.1) is 6.92 Å². The topological polar surface area (TPSA) is 77.7 Å². The standard InChI is InChI=1S/C23H26N6O2/c1-16-22-26-27-23(19-11-17(5-8-30-2)13-24-14-19)29(22)21-12-18(3-4-20(21)25-16)15-28-6-9-31-10-7-28/h3-4,11-14H,5-10,15H2,1-2H3. The van der Waals surface area contributed by atoms with Crippen molar-refractivity contribution in [3.63, 3.8) is 0 Å². The molecule has 1 aliphatic rings. The van der Waals surface area contributed by atoms with Crippen molar-refractivity contribution in [1.82, 2.24) is 29.5 Å². The van der Waals surface area contributed by atoms with Gasteiger partial charge in [-0.2, -0.15) is 0 Å². The lowest BCUT2D eigenvalue weighted by molar-refractivity contribution is 0.0342. The van der Waals surface area contributed by atoms with E-state index >= 15 is 0 Å². The number of benzene rings is 1. The summed E-state index contributed by atoms with van der Waals surface area (Å²) in [6.45, 7) is 7.01. The Bertz CT molecular complexity index is 1220. The number of fused-ring (bicyclic) bond motifs is 3. The van der Waals surface area contributed by atoms with Gasteiger partial charge in [0.2, 0.25) is 0 Å². The minimum absolute atomic E-state index is 0.655. The van der Waals surface area contributed by atoms with Gasteiger partial charge >= 0.3 is 0 Å². The fourth-order valence-corrected chi connectivity index (χ4v) is 4.09. The van der Waals surface area contributed by atoms with Gasteiger partial charge in [-0.15, -0.1) is 10.2 Å². The number of pyridine rings is 1. The van der Waals surface area contributed by atoms with E-state index in [9.17, 15) is 0 Å². The molecule has 0 atom stereocenters. The Hall–Kier alpha value is -2.94. The van der Waals surface area contributed by atoms with Crippen LogP contribution in [0.25, 0.3) is 28.1 Å². The molecular formula is C23H26N6O2. The molecule has 160 valence electrons. The van der Waals surface area contributed by atoms with Gasteiger partial charge in [0, 0.05) is 44.7 Å². The third-order valence-corrected chi connectivity index (χ3v) is 5.71. The fourth-order valence-electron chi connectivity index (χ4n) is 4.09. The Kier molecular flexibility index (Phi) is 5.59. The predicted molar refractivity (Wildman–Crippen MR) is 118 cm³/mol. The van der Waals surface area contributed by atoms with Gasteiger partial charge in [0.1, 0.15) is 0 Å². The van der Waals surface area contributed by atoms with Crippen LogP contribution in [0.5, 0.6) is 0 Å². The second kappa shape index (κ2) is 8.66. The van der Waals surface area contributed by atoms with Crippen LogP contribution in [0.15, 0.2) is 36.7 Å². The Balaban J connectivity index is 1.60. The molecule has 0 amide bonds. The van der Waals surface area contributed by atoms with E-state index in [0.717, 1.165) is 78.6 Å². The molecule has 1 saturated heterocycles. The summed E-state index contributed by atoms with van der Waals surface area (Å²) in [6.07, 6.45) is 4.52. The number of methoxy groups -OCH3 is 1. The molecule has 0 radical (unpaired) electrons. The summed E-state index contributed by atoms with van der Waals surface area (Å²) in [5, 5.41) is 8.97. The zero-order valence-electron chi connectivity index (χ0n) is 17.9. The molecule has 8 nitrogen and oxygen atoms in total. The van der Waals surface area contributed by atoms with Gasteiger partial charge in [-0.1, -0.05) is 6.07 Å². The van der Waals surface area contributed by atoms with Crippen molar-refractivity contribution in [3.05, 3.63) is 53.5 Å². The number of morpholine rings is 1. The average Bonchev–Trinajstić information content (AvgIpc) is 3.25. The molecule has 5 rings (SSSR count). The highest BCUT2D eigenvalue weighted by atomic mass is 16.5. The summed E-state index contributed by atoms with van der Waals surface area (Å²) in [7, 11) is 1.71. The third-order valence-electron chi connectivity index (χ3n) is 5.71. The van der Waals surface area contributed by atoms with Crippen molar-refractivity contribution in [2.24, 2.45) is 0 Å². The number of aromatic nitrogens is 5. The molecule has 0 saturated carbocycles. The maximum atomic E-state index is 5.48. The van der Waals surface area contributed by atoms with Crippen molar-refractivity contribution < 1.29 is 9.47 Å². The molecule has 0 bridgehead atoms. The van der Waals surface area contributed by atoms with Crippen LogP contribution in [0.3, 0.4) is 0 Å². The monoisotopic (exact) mass is 418 g/mol. The minimum atomic E-state index is 0.655. The Morgan fingerprint density at radius 3 is 2.77 bits per heavy atom. The van der Waals surface area contributed by atoms with Gasteiger partial charge in [0.05, 0.1) is 36.5 Å². The summed E-state index contributed by atoms with van der Waals surface area (Å²) < 4.78 is 12.8. The van der Waals surface area contributed by atoms with E-state index in [1.54, 1.807) is 7.11 Å². The van der Waals surface area contributed by atoms with Crippen molar-refractivity contribution in [2.75, 3.05) is 40.0 Å². The minimum Gasteiger partial charge on any atom is -0.384 e. The number of aryl methyl sites for hydroxylation is 1. The molecular weight excluding hydrogens is 392 g/mol. The van der Waals surface area contributed by atoms with Gasteiger partial charge < -0.3 is 9.47 Å². The van der Waals surface area contributed by atoms with Crippen LogP contribution in [0.1, 0.15) is 16.8 Å². The molecule has 31 heavy (non-hydrogen) atoms. The average molecular weight is 419 g/mol. The van der Waals surface area contributed by atoms with E-state index in [-0.39, 0.29) is 0 Å². The first kappa shape index (κ1) is 20.0. The summed E-state index contributed by atoms with van der Waals surface area (Å²) in [5.41, 5.74) is 6.86. The number of ether oxygens (including phenoxy) is 2. The van der Waals surface area contributed by atoms with E-state index in [1.807, 2.05) is 19.3 Å². The second-order valence-corrected chi connectivity index (χ2v) is 7.92. The quantitative estimate of drug-likeness (QED) is 0.476. The SMILES string of the molecule is COCCc1cncc(-c2nnc3c(C)nc4ccc(CN5CCOCC5)cc4n23)c1. The molecule has 0 spiro atoms. The largest absolute Gasteiger partial charge is 0.384 e. The molecule has 0 N–H and O–H groups in total. The first-order valence-corrected chi connectivity index (χ1v) is 10.6. The molecule has 1 fully saturated rings. The first-order valence-electron chi connectivity index (χ1n) is 10.6. The molecule has 4 heterocycles. The first-order chi connectivity index (χ1) is 15.2. The third kappa shape index (κ3) is 4.01. The van der Waals surface area contributed by atoms with Crippen LogP contribution in [-0.4, -0.2) is 69.5 Å². The summed E-state index contributed by atoms with van der Waals surface area (Å²) in [6, 6.07) is 8.57. The van der Waals surface area contributed by atoms with E-state index in [2.05, 4.69) is 48.7 Å². The smallest absolute Gasteiger partial charge is 0.183 e. The Labute approximate surface area is 180 Å². The van der Waals surface area contributed by atoms with E-state index in [1.165, 1.54) is 5.56 Å². The second-order valence-electron chi connectivity index (χ2n) is 7.92. The predicted octanol–water partition coefficient (Wildman–Crippen LogP) is 2.67. The zero-order chi connectivity index (χ0) is 21.2. The van der Waals surface area contributed by atoms with E-state index < -0.39 is 0 Å². The summed E-state index contributed by atoms with van der Waals surface area (Å²) >= 11 is 0. The van der Waals surface area contributed by atoms with E-state index in [4.69, 9.17) is 14.5 Å². The Morgan fingerprint density at radius 1 is 1.06 bits per heavy atom. The lowest BCUT2D eigenvalue weighted by Crippen LogP contribution is -2.35. The fraction of sp³-hybridized carbons (Fsp3) is 0.391. The summed E-state index contributed by atoms with van der Waals surface area (Å²) in [4.78, 5) is 11.6. The zero-order valence-corrected chi connectivity index (χ0v) is 17.9. The van der Waals surface area contributed by atoms with Crippen LogP contribution in [0.2, 0.25) is 0 Å². The van der Waals surface area contributed by atoms with Gasteiger partial charge in [0.15, 0.2) is 11.5 Å². The van der Waals surface area contributed by atoms with Crippen molar-refractivity contribution >= 4 is 16.7 Å². The molecule has 8 heteroatoms. The van der Waals surface area contributed by atoms with Gasteiger partial charge in [-0.3, -0.25) is 14.3 Å². The lowest BCUT2D eigenvalue weighted by Gasteiger charge is -2.26. The van der Waals surface area contributed by atoms with Crippen molar-refractivity contribution in [3.8, 4) is 11.4 Å². The molecule has 1 aromatic carbocycles. The van der Waals surface area contributed by atoms with Crippen molar-refractivity contribution in [2.45, 2.75) is 19.9 Å². The molecule has 0 aliphatic carbocycles. The molecule has 4 aromatic rings. The number of rotatable bonds is 6. The van der Waals surface area contributed by atoms with Crippen LogP contribution in [0.4, 0.5) is 0 Å². The normalized spacial score (nSPS) is 15.2. The van der Waals surface area contributed by atoms with Gasteiger partial charge in [0.25, 0.3) is 0 Å². The lowest BCUT2D eigenvalue weighted by atomic mass is 10.1. The number of nitrogens with zero attached hydrogens (tertiary/aromatic N) is 6. The Morgan fingerprint density at radius 2 is 1.94 bits per heavy atom. The number of hydrogen-bond acceptors (Lipinski definition) is 7. The van der Waals surface area contributed by atoms with Crippen LogP contribution < -0.4 is 0 Å². The van der Waals surface area contributed by atoms with Crippen molar-refractivity contribution in [1.29, 1.82) is 0 Å². The van der Waals surface area contributed by atoms with Gasteiger partial charge in [-0.25, -0.2) is 4.98 Å². The van der Waals surface area contributed by atoms with E-state index in [0.29, 0.717) is 6.61 Å². The molecule has 1 aliphatic heterocycles. The highest BCUT2D eigenvalue weighted by molar-refractivity contribution is 5.81. The highest BCUT2D eigenvalue weighted by Gasteiger charge is 2.17. The van der Waals surface area contributed by atoms with Crippen LogP contribution in [-0.2, 0) is 22.4 Å². The summed E-state index contributed by atoms with van der Waals surface area (Å²) in [5.74, 6) is 0.779. The molecule has 0 unspecified atom stereocenters. The molecule has 3 aromatic heterocycles. The number of hydrogen-bond donors (Lipinski definition) is 0. The maximum absolute atomic E-state index is 5.48. The highest BCUT2D eigenvalue weighted by Crippen LogP contribution is 2.26. The van der Waals surface area contributed by atoms with Crippen LogP contribution >= 0.6 is 0 Å². The maximum Gasteiger partial charge on any atom is 0.183 e. The van der Waals surface area contributed by atoms with Gasteiger partial charge in [-0.05, 0) is 42.7 Å².